The Labute approximate surface area is 119 Å². The van der Waals surface area contributed by atoms with Crippen molar-refractivity contribution in [2.45, 2.75) is 78.4 Å². The van der Waals surface area contributed by atoms with Gasteiger partial charge >= 0.3 is 0 Å². The normalized spacial score (nSPS) is 32.8. The van der Waals surface area contributed by atoms with Crippen LogP contribution in [0.4, 0.5) is 0 Å². The van der Waals surface area contributed by atoms with E-state index in [0.717, 1.165) is 24.9 Å². The lowest BCUT2D eigenvalue weighted by molar-refractivity contribution is 0.00206. The molecule has 2 fully saturated rings. The van der Waals surface area contributed by atoms with Crippen LogP contribution in [0.5, 0.6) is 0 Å². The van der Waals surface area contributed by atoms with Crippen LogP contribution in [0, 0.1) is 17.3 Å². The van der Waals surface area contributed by atoms with Crippen LogP contribution >= 0.6 is 0 Å². The number of hydrogen-bond donors (Lipinski definition) is 1. The molecule has 0 aromatic heterocycles. The average Bonchev–Trinajstić information content (AvgIpc) is 3.13. The van der Waals surface area contributed by atoms with Gasteiger partial charge in [-0.15, -0.1) is 0 Å². The number of hydrogen-bond acceptors (Lipinski definition) is 2. The highest BCUT2D eigenvalue weighted by Crippen LogP contribution is 2.41. The number of nitrogens with zero attached hydrogens (tertiary/aromatic N) is 1. The van der Waals surface area contributed by atoms with Crippen LogP contribution in [0.3, 0.4) is 0 Å². The molecule has 0 spiro atoms. The molecule has 0 aromatic carbocycles. The van der Waals surface area contributed by atoms with Gasteiger partial charge in [0.1, 0.15) is 0 Å². The average molecular weight is 267 g/mol. The summed E-state index contributed by atoms with van der Waals surface area (Å²) < 4.78 is 0. The van der Waals surface area contributed by atoms with E-state index in [2.05, 4.69) is 32.6 Å². The van der Waals surface area contributed by atoms with E-state index in [4.69, 9.17) is 0 Å². The van der Waals surface area contributed by atoms with Gasteiger partial charge in [-0.05, 0) is 62.3 Å². The van der Waals surface area contributed by atoms with Gasteiger partial charge in [-0.25, -0.2) is 0 Å². The zero-order chi connectivity index (χ0) is 14.0. The summed E-state index contributed by atoms with van der Waals surface area (Å²) in [6.07, 6.45) is 7.38. The Bertz CT molecular complexity index is 279. The molecule has 1 N–H and O–H groups in total. The fourth-order valence-corrected chi connectivity index (χ4v) is 3.68. The molecule has 2 aliphatic carbocycles. The largest absolute Gasteiger partial charge is 0.393 e. The lowest BCUT2D eigenvalue weighted by Gasteiger charge is -2.41. The van der Waals surface area contributed by atoms with Crippen molar-refractivity contribution < 1.29 is 5.11 Å². The van der Waals surface area contributed by atoms with Crippen molar-refractivity contribution in [1.82, 2.24) is 4.90 Å². The van der Waals surface area contributed by atoms with E-state index in [1.165, 1.54) is 38.6 Å². The minimum atomic E-state index is -0.0586. The third-order valence-corrected chi connectivity index (χ3v) is 5.21. The van der Waals surface area contributed by atoms with E-state index < -0.39 is 0 Å². The second-order valence-electron chi connectivity index (χ2n) is 7.93. The second kappa shape index (κ2) is 6.13. The molecule has 0 bridgehead atoms. The van der Waals surface area contributed by atoms with Gasteiger partial charge in [0.2, 0.25) is 0 Å². The topological polar surface area (TPSA) is 23.5 Å². The van der Waals surface area contributed by atoms with Gasteiger partial charge in [0.15, 0.2) is 0 Å². The number of rotatable bonds is 5. The second-order valence-corrected chi connectivity index (χ2v) is 7.93. The first-order valence-electron chi connectivity index (χ1n) is 8.34. The summed E-state index contributed by atoms with van der Waals surface area (Å²) in [7, 11) is 0. The molecule has 2 heteroatoms. The molecule has 2 aliphatic rings. The van der Waals surface area contributed by atoms with Crippen molar-refractivity contribution >= 4 is 0 Å². The van der Waals surface area contributed by atoms with Crippen LogP contribution in [-0.2, 0) is 0 Å². The molecule has 0 aromatic rings. The first kappa shape index (κ1) is 15.3. The standard InChI is InChI=1S/C17H33NO/c1-5-10-18(15-7-8-15)12-13-11-14(17(2,3)4)6-9-16(13)19/h13-16,19H,5-12H2,1-4H3. The monoisotopic (exact) mass is 267 g/mol. The molecular weight excluding hydrogens is 234 g/mol. The first-order valence-corrected chi connectivity index (χ1v) is 8.34. The Morgan fingerprint density at radius 1 is 1.11 bits per heavy atom. The van der Waals surface area contributed by atoms with Gasteiger partial charge in [-0.1, -0.05) is 27.7 Å². The van der Waals surface area contributed by atoms with Gasteiger partial charge in [0.25, 0.3) is 0 Å². The molecule has 2 saturated carbocycles. The first-order chi connectivity index (χ1) is 8.91. The third kappa shape index (κ3) is 4.19. The molecule has 0 aliphatic heterocycles. The lowest BCUT2D eigenvalue weighted by Crippen LogP contribution is -2.42. The van der Waals surface area contributed by atoms with E-state index >= 15 is 0 Å². The van der Waals surface area contributed by atoms with Crippen LogP contribution in [-0.4, -0.2) is 35.2 Å². The molecule has 0 radical (unpaired) electrons. The van der Waals surface area contributed by atoms with Gasteiger partial charge in [0, 0.05) is 12.6 Å². The predicted octanol–water partition coefficient (Wildman–Crippen LogP) is 3.68. The highest BCUT2D eigenvalue weighted by molar-refractivity contribution is 4.90. The molecule has 0 saturated heterocycles. The van der Waals surface area contributed by atoms with Gasteiger partial charge < -0.3 is 10.0 Å². The minimum absolute atomic E-state index is 0.0586. The highest BCUT2D eigenvalue weighted by atomic mass is 16.3. The highest BCUT2D eigenvalue weighted by Gasteiger charge is 2.37. The van der Waals surface area contributed by atoms with Gasteiger partial charge in [-0.3, -0.25) is 0 Å². The molecular formula is C17H33NO. The Balaban J connectivity index is 1.92. The van der Waals surface area contributed by atoms with Crippen LogP contribution in [0.2, 0.25) is 0 Å². The fraction of sp³-hybridized carbons (Fsp3) is 1.00. The van der Waals surface area contributed by atoms with Crippen molar-refractivity contribution in [2.24, 2.45) is 17.3 Å². The molecule has 0 heterocycles. The molecule has 3 unspecified atom stereocenters. The quantitative estimate of drug-likeness (QED) is 0.821. The van der Waals surface area contributed by atoms with Crippen molar-refractivity contribution in [2.75, 3.05) is 13.1 Å². The lowest BCUT2D eigenvalue weighted by atomic mass is 9.68. The summed E-state index contributed by atoms with van der Waals surface area (Å²) in [6, 6.07) is 0.835. The number of aliphatic hydroxyl groups excluding tert-OH is 1. The van der Waals surface area contributed by atoms with Gasteiger partial charge in [0.05, 0.1) is 6.10 Å². The number of aliphatic hydroxyl groups is 1. The minimum Gasteiger partial charge on any atom is -0.393 e. The van der Waals surface area contributed by atoms with Crippen LogP contribution < -0.4 is 0 Å². The Kier molecular flexibility index (Phi) is 4.94. The van der Waals surface area contributed by atoms with E-state index in [9.17, 15) is 5.11 Å². The smallest absolute Gasteiger partial charge is 0.0580 e. The predicted molar refractivity (Wildman–Crippen MR) is 81.2 cm³/mol. The Morgan fingerprint density at radius 3 is 2.32 bits per heavy atom. The van der Waals surface area contributed by atoms with Crippen molar-refractivity contribution in [3.63, 3.8) is 0 Å². The summed E-state index contributed by atoms with van der Waals surface area (Å²) in [5.74, 6) is 1.29. The van der Waals surface area contributed by atoms with E-state index in [1.54, 1.807) is 0 Å². The van der Waals surface area contributed by atoms with Crippen molar-refractivity contribution in [3.8, 4) is 0 Å². The maximum atomic E-state index is 10.3. The summed E-state index contributed by atoms with van der Waals surface area (Å²) in [6.45, 7) is 11.7. The molecule has 0 amide bonds. The van der Waals surface area contributed by atoms with Crippen molar-refractivity contribution in [1.29, 1.82) is 0 Å². The Morgan fingerprint density at radius 2 is 1.79 bits per heavy atom. The summed E-state index contributed by atoms with van der Waals surface area (Å²) in [5.41, 5.74) is 0.396. The molecule has 112 valence electrons. The van der Waals surface area contributed by atoms with Crippen LogP contribution in [0.25, 0.3) is 0 Å². The summed E-state index contributed by atoms with van der Waals surface area (Å²) >= 11 is 0. The van der Waals surface area contributed by atoms with Crippen LogP contribution in [0.1, 0.15) is 66.2 Å². The third-order valence-electron chi connectivity index (χ3n) is 5.21. The molecule has 2 nitrogen and oxygen atoms in total. The fourth-order valence-electron chi connectivity index (χ4n) is 3.68. The van der Waals surface area contributed by atoms with Crippen molar-refractivity contribution in [3.05, 3.63) is 0 Å². The van der Waals surface area contributed by atoms with E-state index in [1.807, 2.05) is 0 Å². The van der Waals surface area contributed by atoms with E-state index in [-0.39, 0.29) is 6.10 Å². The van der Waals surface area contributed by atoms with Gasteiger partial charge in [-0.2, -0.15) is 0 Å². The summed E-state index contributed by atoms with van der Waals surface area (Å²) in [4.78, 5) is 2.65. The Hall–Kier alpha value is -0.0800. The zero-order valence-electron chi connectivity index (χ0n) is 13.4. The molecule has 19 heavy (non-hydrogen) atoms. The van der Waals surface area contributed by atoms with Crippen LogP contribution in [0.15, 0.2) is 0 Å². The maximum absolute atomic E-state index is 10.3. The molecule has 3 atom stereocenters. The van der Waals surface area contributed by atoms with E-state index in [0.29, 0.717) is 11.3 Å². The summed E-state index contributed by atoms with van der Waals surface area (Å²) in [5, 5.41) is 10.3. The SMILES string of the molecule is CCCN(CC1CC(C(C)(C)C)CCC1O)C1CC1. The zero-order valence-corrected chi connectivity index (χ0v) is 13.4. The molecule has 2 rings (SSSR count). The maximum Gasteiger partial charge on any atom is 0.0580 e.